The molecular weight excluding hydrogens is 653 g/mol. The molecule has 0 atom stereocenters. The maximum absolute atomic E-state index is 14.7. The lowest BCUT2D eigenvalue weighted by molar-refractivity contribution is 0.903. The highest BCUT2D eigenvalue weighted by atomic mass is 16.1. The number of imidazole rings is 1. The molecule has 0 aliphatic carbocycles. The molecule has 0 aliphatic heterocycles. The molecular formula is C46H28N6O. The zero-order valence-corrected chi connectivity index (χ0v) is 28.3. The van der Waals surface area contributed by atoms with E-state index < -0.39 is 0 Å². The maximum atomic E-state index is 14.7. The van der Waals surface area contributed by atoms with Gasteiger partial charge < -0.3 is 4.57 Å². The highest BCUT2D eigenvalue weighted by Crippen LogP contribution is 2.36. The quantitative estimate of drug-likeness (QED) is 0.186. The number of hydrogen-bond acceptors (Lipinski definition) is 4. The molecule has 0 radical (unpaired) electrons. The van der Waals surface area contributed by atoms with Gasteiger partial charge in [0.2, 0.25) is 11.7 Å². The topological polar surface area (TPSA) is 70.0 Å². The lowest BCUT2D eigenvalue weighted by Gasteiger charge is -2.14. The molecule has 11 aromatic rings. The Balaban J connectivity index is 1.17. The van der Waals surface area contributed by atoms with Crippen LogP contribution in [0.15, 0.2) is 175 Å². The van der Waals surface area contributed by atoms with Crippen molar-refractivity contribution in [3.8, 4) is 34.0 Å². The van der Waals surface area contributed by atoms with E-state index in [2.05, 4.69) is 81.8 Å². The SMILES string of the molecule is O=c1c2ccc(-c3ccc4c(c3)c3ccccc3n4-c3ccccc3)cc2n2c3ccccc3nc2n1-c1nc(-c2ccccc2)c2ccccc2n1. The largest absolute Gasteiger partial charge is 0.309 e. The molecule has 0 saturated heterocycles. The van der Waals surface area contributed by atoms with Crippen LogP contribution in [0.25, 0.3) is 94.4 Å². The highest BCUT2D eigenvalue weighted by molar-refractivity contribution is 6.10. The van der Waals surface area contributed by atoms with Crippen LogP contribution in [-0.4, -0.2) is 28.5 Å². The fourth-order valence-corrected chi connectivity index (χ4v) is 7.86. The minimum atomic E-state index is -0.231. The van der Waals surface area contributed by atoms with Crippen molar-refractivity contribution >= 4 is 60.4 Å². The molecule has 0 saturated carbocycles. The van der Waals surface area contributed by atoms with E-state index in [-0.39, 0.29) is 11.5 Å². The van der Waals surface area contributed by atoms with E-state index in [0.717, 1.165) is 66.6 Å². The highest BCUT2D eigenvalue weighted by Gasteiger charge is 2.21. The average Bonchev–Trinajstić information content (AvgIpc) is 3.77. The van der Waals surface area contributed by atoms with Crippen LogP contribution in [0.5, 0.6) is 0 Å². The summed E-state index contributed by atoms with van der Waals surface area (Å²) in [6.07, 6.45) is 0. The first kappa shape index (κ1) is 29.4. The van der Waals surface area contributed by atoms with Crippen molar-refractivity contribution in [2.45, 2.75) is 0 Å². The van der Waals surface area contributed by atoms with Crippen LogP contribution in [-0.2, 0) is 0 Å². The second kappa shape index (κ2) is 11.3. The van der Waals surface area contributed by atoms with Crippen LogP contribution in [0, 0.1) is 0 Å². The van der Waals surface area contributed by atoms with Crippen molar-refractivity contribution in [2.24, 2.45) is 0 Å². The number of benzene rings is 7. The standard InChI is InChI=1S/C46H28N6O/c53-44-35-25-23-31(30-24-26-40-36(27-30)33-17-8-11-21-39(33)50(40)32-15-5-2-6-16-32)28-42(35)51-41-22-12-10-20-38(41)48-46(51)52(44)45-47-37-19-9-7-18-34(37)43(49-45)29-13-3-1-4-14-29/h1-28H. The molecule has 0 amide bonds. The number of para-hydroxylation sites is 5. The fourth-order valence-electron chi connectivity index (χ4n) is 7.86. The Morgan fingerprint density at radius 1 is 0.396 bits per heavy atom. The van der Waals surface area contributed by atoms with Crippen molar-refractivity contribution in [3.05, 3.63) is 180 Å². The van der Waals surface area contributed by atoms with E-state index in [1.54, 1.807) is 4.57 Å². The minimum absolute atomic E-state index is 0.231. The summed E-state index contributed by atoms with van der Waals surface area (Å²) in [5.74, 6) is 0.732. The predicted molar refractivity (Wildman–Crippen MR) is 214 cm³/mol. The van der Waals surface area contributed by atoms with Gasteiger partial charge in [-0.05, 0) is 71.8 Å². The minimum Gasteiger partial charge on any atom is -0.309 e. The molecule has 7 aromatic carbocycles. The summed E-state index contributed by atoms with van der Waals surface area (Å²) >= 11 is 0. The zero-order chi connectivity index (χ0) is 35.0. The van der Waals surface area contributed by atoms with Gasteiger partial charge in [-0.25, -0.2) is 19.5 Å². The average molecular weight is 681 g/mol. The fraction of sp³-hybridized carbons (Fsp3) is 0. The van der Waals surface area contributed by atoms with Crippen molar-refractivity contribution < 1.29 is 0 Å². The molecule has 0 bridgehead atoms. The molecule has 7 nitrogen and oxygen atoms in total. The summed E-state index contributed by atoms with van der Waals surface area (Å²) in [6.45, 7) is 0. The molecule has 248 valence electrons. The van der Waals surface area contributed by atoms with Crippen molar-refractivity contribution in [1.82, 2.24) is 28.5 Å². The molecule has 0 unspecified atom stereocenters. The molecule has 4 heterocycles. The molecule has 7 heteroatoms. The van der Waals surface area contributed by atoms with Gasteiger partial charge in [0.05, 0.1) is 44.2 Å². The summed E-state index contributed by atoms with van der Waals surface area (Å²) in [4.78, 5) is 29.8. The van der Waals surface area contributed by atoms with Gasteiger partial charge in [0.25, 0.3) is 5.56 Å². The van der Waals surface area contributed by atoms with Crippen LogP contribution in [0.1, 0.15) is 0 Å². The van der Waals surface area contributed by atoms with Gasteiger partial charge >= 0.3 is 0 Å². The molecule has 53 heavy (non-hydrogen) atoms. The molecule has 4 aromatic heterocycles. The first-order chi connectivity index (χ1) is 26.2. The van der Waals surface area contributed by atoms with Crippen molar-refractivity contribution in [3.63, 3.8) is 0 Å². The molecule has 0 spiro atoms. The Kier molecular flexibility index (Phi) is 6.27. The number of aromatic nitrogens is 6. The normalized spacial score (nSPS) is 11.8. The third-order valence-corrected chi connectivity index (χ3v) is 10.3. The second-order valence-corrected chi connectivity index (χ2v) is 13.3. The lowest BCUT2D eigenvalue weighted by atomic mass is 10.0. The van der Waals surface area contributed by atoms with E-state index in [1.807, 2.05) is 97.1 Å². The van der Waals surface area contributed by atoms with Crippen LogP contribution in [0.2, 0.25) is 0 Å². The number of rotatable bonds is 4. The summed E-state index contributed by atoms with van der Waals surface area (Å²) in [7, 11) is 0. The van der Waals surface area contributed by atoms with E-state index in [9.17, 15) is 4.79 Å². The van der Waals surface area contributed by atoms with Crippen LogP contribution < -0.4 is 5.56 Å². The second-order valence-electron chi connectivity index (χ2n) is 13.3. The first-order valence-electron chi connectivity index (χ1n) is 17.6. The van der Waals surface area contributed by atoms with Crippen molar-refractivity contribution in [1.29, 1.82) is 0 Å². The Hall–Kier alpha value is -7.38. The summed E-state index contributed by atoms with van der Waals surface area (Å²) in [6, 6.07) is 57.6. The number of nitrogens with zero attached hydrogens (tertiary/aromatic N) is 6. The first-order valence-corrected chi connectivity index (χ1v) is 17.6. The van der Waals surface area contributed by atoms with E-state index in [1.165, 1.54) is 10.8 Å². The summed E-state index contributed by atoms with van der Waals surface area (Å²) < 4.78 is 5.94. The van der Waals surface area contributed by atoms with Gasteiger partial charge in [-0.1, -0.05) is 109 Å². The van der Waals surface area contributed by atoms with Gasteiger partial charge in [-0.2, -0.15) is 0 Å². The number of hydrogen-bond donors (Lipinski definition) is 0. The molecule has 11 rings (SSSR count). The summed E-state index contributed by atoms with van der Waals surface area (Å²) in [5.41, 5.74) is 10.1. The predicted octanol–water partition coefficient (Wildman–Crippen LogP) is 10.2. The van der Waals surface area contributed by atoms with Gasteiger partial charge in [0.1, 0.15) is 0 Å². The number of fused-ring (bicyclic) bond motifs is 9. The Bertz CT molecular complexity index is 3310. The van der Waals surface area contributed by atoms with E-state index >= 15 is 0 Å². The Morgan fingerprint density at radius 3 is 1.87 bits per heavy atom. The third kappa shape index (κ3) is 4.41. The van der Waals surface area contributed by atoms with E-state index in [4.69, 9.17) is 15.0 Å². The van der Waals surface area contributed by atoms with Crippen LogP contribution in [0.3, 0.4) is 0 Å². The Labute approximate surface area is 302 Å². The van der Waals surface area contributed by atoms with Gasteiger partial charge in [-0.15, -0.1) is 0 Å². The Morgan fingerprint density at radius 2 is 1.04 bits per heavy atom. The molecule has 0 N–H and O–H groups in total. The summed E-state index contributed by atoms with van der Waals surface area (Å²) in [5, 5.41) is 3.81. The zero-order valence-electron chi connectivity index (χ0n) is 28.3. The maximum Gasteiger partial charge on any atom is 0.269 e. The van der Waals surface area contributed by atoms with Crippen molar-refractivity contribution in [2.75, 3.05) is 0 Å². The van der Waals surface area contributed by atoms with Gasteiger partial charge in [0, 0.05) is 27.4 Å². The third-order valence-electron chi connectivity index (χ3n) is 10.3. The van der Waals surface area contributed by atoms with Crippen LogP contribution in [0.4, 0.5) is 0 Å². The van der Waals surface area contributed by atoms with Gasteiger partial charge in [0.15, 0.2) is 0 Å². The van der Waals surface area contributed by atoms with Crippen LogP contribution >= 0.6 is 0 Å². The van der Waals surface area contributed by atoms with E-state index in [0.29, 0.717) is 11.2 Å². The van der Waals surface area contributed by atoms with Gasteiger partial charge in [-0.3, -0.25) is 9.20 Å². The monoisotopic (exact) mass is 680 g/mol. The lowest BCUT2D eigenvalue weighted by Crippen LogP contribution is -2.24. The molecule has 0 aliphatic rings. The smallest absolute Gasteiger partial charge is 0.269 e. The molecule has 0 fully saturated rings.